The summed E-state index contributed by atoms with van der Waals surface area (Å²) in [6.07, 6.45) is 3.38. The standard InChI is InChI=1S/C25H23Cl2N3O3/c1-33-19-5-2-17(3-6-19)21-14-30(25(32)20-7-4-18(26)12-23(20)27)15-22(21)24(31)29-13-16-8-10-28-11-9-16/h2-12,21-22H,13-15H2,1H3,(H,29,31). The SMILES string of the molecule is COc1ccc(C2CN(C(=O)c3ccc(Cl)cc3Cl)CC2C(=O)NCc2ccncc2)cc1. The summed E-state index contributed by atoms with van der Waals surface area (Å²) >= 11 is 12.3. The number of halogens is 2. The number of hydrogen-bond donors (Lipinski definition) is 1. The number of nitrogens with zero attached hydrogens (tertiary/aromatic N) is 2. The number of pyridine rings is 1. The number of carbonyl (C=O) groups is 2. The lowest BCUT2D eigenvalue weighted by Gasteiger charge is -2.18. The van der Waals surface area contributed by atoms with Crippen LogP contribution in [0.2, 0.25) is 10.0 Å². The molecule has 2 amide bonds. The van der Waals surface area contributed by atoms with Crippen molar-refractivity contribution in [3.8, 4) is 5.75 Å². The molecule has 0 aliphatic carbocycles. The van der Waals surface area contributed by atoms with Gasteiger partial charge in [-0.1, -0.05) is 35.3 Å². The number of methoxy groups -OCH3 is 1. The minimum atomic E-state index is -0.407. The smallest absolute Gasteiger partial charge is 0.255 e. The van der Waals surface area contributed by atoms with E-state index in [9.17, 15) is 9.59 Å². The van der Waals surface area contributed by atoms with Crippen molar-refractivity contribution >= 4 is 35.0 Å². The molecule has 170 valence electrons. The highest BCUT2D eigenvalue weighted by molar-refractivity contribution is 6.36. The highest BCUT2D eigenvalue weighted by Gasteiger charge is 2.40. The van der Waals surface area contributed by atoms with E-state index in [1.807, 2.05) is 36.4 Å². The van der Waals surface area contributed by atoms with Crippen molar-refractivity contribution in [3.05, 3.63) is 93.7 Å². The molecule has 3 aromatic rings. The molecule has 0 spiro atoms. The fourth-order valence-electron chi connectivity index (χ4n) is 4.08. The van der Waals surface area contributed by atoms with E-state index in [1.165, 1.54) is 0 Å². The van der Waals surface area contributed by atoms with Gasteiger partial charge in [0.05, 0.1) is 23.6 Å². The van der Waals surface area contributed by atoms with Gasteiger partial charge in [0.15, 0.2) is 0 Å². The van der Waals surface area contributed by atoms with Gasteiger partial charge in [0.25, 0.3) is 5.91 Å². The molecule has 1 fully saturated rings. The number of hydrogen-bond acceptors (Lipinski definition) is 4. The largest absolute Gasteiger partial charge is 0.497 e. The highest BCUT2D eigenvalue weighted by atomic mass is 35.5. The lowest BCUT2D eigenvalue weighted by Crippen LogP contribution is -2.35. The summed E-state index contributed by atoms with van der Waals surface area (Å²) in [5.41, 5.74) is 2.29. The van der Waals surface area contributed by atoms with Crippen LogP contribution in [0.25, 0.3) is 0 Å². The minimum absolute atomic E-state index is 0.106. The van der Waals surface area contributed by atoms with Crippen LogP contribution >= 0.6 is 23.2 Å². The van der Waals surface area contributed by atoms with Crippen molar-refractivity contribution < 1.29 is 14.3 Å². The molecular formula is C25H23Cl2N3O3. The van der Waals surface area contributed by atoms with E-state index in [0.717, 1.165) is 16.9 Å². The predicted molar refractivity (Wildman–Crippen MR) is 128 cm³/mol. The summed E-state index contributed by atoms with van der Waals surface area (Å²) in [6, 6.07) is 16.1. The molecule has 0 bridgehead atoms. The maximum absolute atomic E-state index is 13.2. The number of amides is 2. The van der Waals surface area contributed by atoms with Crippen LogP contribution in [0.5, 0.6) is 5.75 Å². The zero-order valence-electron chi connectivity index (χ0n) is 18.0. The first-order valence-electron chi connectivity index (χ1n) is 10.5. The fraction of sp³-hybridized carbons (Fsp3) is 0.240. The Kier molecular flexibility index (Phi) is 7.16. The average Bonchev–Trinajstić information content (AvgIpc) is 3.28. The molecule has 2 aromatic carbocycles. The first kappa shape index (κ1) is 23.1. The van der Waals surface area contributed by atoms with Gasteiger partial charge in [0.2, 0.25) is 5.91 Å². The monoisotopic (exact) mass is 483 g/mol. The molecule has 4 rings (SSSR count). The topological polar surface area (TPSA) is 71.5 Å². The number of nitrogens with one attached hydrogen (secondary N) is 1. The zero-order valence-corrected chi connectivity index (χ0v) is 19.5. The Morgan fingerprint density at radius 1 is 1.06 bits per heavy atom. The van der Waals surface area contributed by atoms with Crippen molar-refractivity contribution in [2.45, 2.75) is 12.5 Å². The van der Waals surface area contributed by atoms with Gasteiger partial charge >= 0.3 is 0 Å². The quantitative estimate of drug-likeness (QED) is 0.557. The van der Waals surface area contributed by atoms with E-state index >= 15 is 0 Å². The number of benzene rings is 2. The van der Waals surface area contributed by atoms with Gasteiger partial charge in [-0.15, -0.1) is 0 Å². The van der Waals surface area contributed by atoms with Gasteiger partial charge in [-0.05, 0) is 53.6 Å². The van der Waals surface area contributed by atoms with Gasteiger partial charge in [-0.25, -0.2) is 0 Å². The second-order valence-electron chi connectivity index (χ2n) is 7.89. The summed E-state index contributed by atoms with van der Waals surface area (Å²) in [4.78, 5) is 32.1. The van der Waals surface area contributed by atoms with Crippen molar-refractivity contribution in [2.24, 2.45) is 5.92 Å². The molecule has 2 heterocycles. The van der Waals surface area contributed by atoms with Gasteiger partial charge in [-0.3, -0.25) is 14.6 Å². The molecule has 0 radical (unpaired) electrons. The number of likely N-dealkylation sites (tertiary alicyclic amines) is 1. The van der Waals surface area contributed by atoms with Gasteiger partial charge in [0, 0.05) is 43.0 Å². The Morgan fingerprint density at radius 3 is 2.45 bits per heavy atom. The molecule has 8 heteroatoms. The molecule has 1 N–H and O–H groups in total. The summed E-state index contributed by atoms with van der Waals surface area (Å²) in [7, 11) is 1.61. The van der Waals surface area contributed by atoms with E-state index < -0.39 is 5.92 Å². The third-order valence-electron chi connectivity index (χ3n) is 5.87. The van der Waals surface area contributed by atoms with Gasteiger partial charge in [-0.2, -0.15) is 0 Å². The number of ether oxygens (including phenoxy) is 1. The van der Waals surface area contributed by atoms with E-state index in [-0.39, 0.29) is 24.3 Å². The molecule has 1 aliphatic rings. The predicted octanol–water partition coefficient (Wildman–Crippen LogP) is 4.57. The van der Waals surface area contributed by atoms with E-state index in [0.29, 0.717) is 28.7 Å². The second-order valence-corrected chi connectivity index (χ2v) is 8.74. The average molecular weight is 484 g/mol. The fourth-order valence-corrected chi connectivity index (χ4v) is 4.57. The summed E-state index contributed by atoms with van der Waals surface area (Å²) in [6.45, 7) is 1.08. The van der Waals surface area contributed by atoms with Crippen LogP contribution < -0.4 is 10.1 Å². The Morgan fingerprint density at radius 2 is 1.79 bits per heavy atom. The molecular weight excluding hydrogens is 461 g/mol. The lowest BCUT2D eigenvalue weighted by molar-refractivity contribution is -0.125. The van der Waals surface area contributed by atoms with Crippen LogP contribution in [0.3, 0.4) is 0 Å². The Hall–Kier alpha value is -3.09. The van der Waals surface area contributed by atoms with Gasteiger partial charge < -0.3 is 15.0 Å². The number of aromatic nitrogens is 1. The van der Waals surface area contributed by atoms with Crippen LogP contribution in [0, 0.1) is 5.92 Å². The van der Waals surface area contributed by atoms with Crippen molar-refractivity contribution in [1.82, 2.24) is 15.2 Å². The minimum Gasteiger partial charge on any atom is -0.497 e. The second kappa shape index (κ2) is 10.2. The van der Waals surface area contributed by atoms with Crippen molar-refractivity contribution in [2.75, 3.05) is 20.2 Å². The van der Waals surface area contributed by atoms with Crippen LogP contribution in [-0.4, -0.2) is 41.9 Å². The molecule has 2 unspecified atom stereocenters. The molecule has 0 saturated carbocycles. The van der Waals surface area contributed by atoms with E-state index in [2.05, 4.69) is 10.3 Å². The molecule has 1 aliphatic heterocycles. The third-order valence-corrected chi connectivity index (χ3v) is 6.41. The Balaban J connectivity index is 1.57. The summed E-state index contributed by atoms with van der Waals surface area (Å²) in [5.74, 6) is -0.167. The molecule has 6 nitrogen and oxygen atoms in total. The summed E-state index contributed by atoms with van der Waals surface area (Å²) in [5, 5.41) is 3.76. The van der Waals surface area contributed by atoms with Gasteiger partial charge in [0.1, 0.15) is 5.75 Å². The highest BCUT2D eigenvalue weighted by Crippen LogP contribution is 2.35. The first-order chi connectivity index (χ1) is 16.0. The Labute approximate surface area is 202 Å². The van der Waals surface area contributed by atoms with Crippen LogP contribution in [-0.2, 0) is 11.3 Å². The molecule has 1 aromatic heterocycles. The number of rotatable bonds is 6. The first-order valence-corrected chi connectivity index (χ1v) is 11.3. The van der Waals surface area contributed by atoms with E-state index in [1.54, 1.807) is 42.6 Å². The van der Waals surface area contributed by atoms with Crippen molar-refractivity contribution in [3.63, 3.8) is 0 Å². The number of carbonyl (C=O) groups excluding carboxylic acids is 2. The van der Waals surface area contributed by atoms with Crippen LogP contribution in [0.15, 0.2) is 67.0 Å². The normalized spacial score (nSPS) is 17.6. The zero-order chi connectivity index (χ0) is 23.4. The molecule has 33 heavy (non-hydrogen) atoms. The lowest BCUT2D eigenvalue weighted by atomic mass is 9.88. The summed E-state index contributed by atoms with van der Waals surface area (Å²) < 4.78 is 5.26. The maximum atomic E-state index is 13.2. The molecule has 1 saturated heterocycles. The molecule has 2 atom stereocenters. The maximum Gasteiger partial charge on any atom is 0.255 e. The Bertz CT molecular complexity index is 1140. The van der Waals surface area contributed by atoms with Crippen LogP contribution in [0.4, 0.5) is 0 Å². The van der Waals surface area contributed by atoms with Crippen LogP contribution in [0.1, 0.15) is 27.4 Å². The van der Waals surface area contributed by atoms with E-state index in [4.69, 9.17) is 27.9 Å². The van der Waals surface area contributed by atoms with Crippen molar-refractivity contribution in [1.29, 1.82) is 0 Å². The third kappa shape index (κ3) is 5.29.